The second-order valence-corrected chi connectivity index (χ2v) is 10.5. The number of thiophene rings is 1. The van der Waals surface area contributed by atoms with E-state index in [1.54, 1.807) is 13.0 Å². The Morgan fingerprint density at radius 3 is 2.24 bits per heavy atom. The summed E-state index contributed by atoms with van der Waals surface area (Å²) >= 11 is 1.30. The van der Waals surface area contributed by atoms with E-state index in [1.165, 1.54) is 16.9 Å². The van der Waals surface area contributed by atoms with Crippen molar-refractivity contribution in [3.63, 3.8) is 0 Å². The lowest BCUT2D eigenvalue weighted by Gasteiger charge is -2.24. The van der Waals surface area contributed by atoms with Crippen molar-refractivity contribution in [1.29, 1.82) is 0 Å². The molecule has 0 aliphatic heterocycles. The molecule has 1 aromatic carbocycles. The monoisotopic (exact) mass is 469 g/mol. The Labute approximate surface area is 198 Å². The van der Waals surface area contributed by atoms with Crippen LogP contribution in [0.15, 0.2) is 36.4 Å². The number of esters is 1. The molecule has 0 bridgehead atoms. The molecule has 6 nitrogen and oxygen atoms in total. The number of allylic oxidation sites excluding steroid dienone is 2. The summed E-state index contributed by atoms with van der Waals surface area (Å²) < 4.78 is 5.32. The molecular weight excluding hydrogens is 438 g/mol. The summed E-state index contributed by atoms with van der Waals surface area (Å²) in [6.07, 6.45) is 4.29. The first-order valence-corrected chi connectivity index (χ1v) is 12.0. The smallest absolute Gasteiger partial charge is 0.341 e. The standard InChI is InChI=1S/C26H31NO5S/c1-6-32-25(31)21-20(16-11-13-17(14-12-16)26(3,4)5)15(2)33-23(21)27-22(28)18-9-7-8-10-19(18)24(29)30/h7-8,11-14,18-19H,6,9-10H2,1-5H3,(H,27,28)(H,29,30)/t18-,19+/m0/s1. The summed E-state index contributed by atoms with van der Waals surface area (Å²) in [6.45, 7) is 10.3. The maximum Gasteiger partial charge on any atom is 0.341 e. The van der Waals surface area contributed by atoms with Crippen molar-refractivity contribution in [2.45, 2.75) is 52.9 Å². The van der Waals surface area contributed by atoms with Gasteiger partial charge in [-0.05, 0) is 43.2 Å². The van der Waals surface area contributed by atoms with Crippen molar-refractivity contribution >= 4 is 34.2 Å². The molecule has 0 saturated heterocycles. The van der Waals surface area contributed by atoms with Crippen LogP contribution in [-0.4, -0.2) is 29.6 Å². The van der Waals surface area contributed by atoms with Crippen LogP contribution >= 0.6 is 11.3 Å². The largest absolute Gasteiger partial charge is 0.481 e. The molecule has 3 rings (SSSR count). The van der Waals surface area contributed by atoms with Gasteiger partial charge in [-0.2, -0.15) is 0 Å². The van der Waals surface area contributed by atoms with Crippen LogP contribution in [0.4, 0.5) is 5.00 Å². The van der Waals surface area contributed by atoms with E-state index in [9.17, 15) is 19.5 Å². The van der Waals surface area contributed by atoms with Crippen molar-refractivity contribution in [3.05, 3.63) is 52.4 Å². The van der Waals surface area contributed by atoms with Crippen LogP contribution in [0.1, 0.15) is 61.3 Å². The van der Waals surface area contributed by atoms with E-state index in [2.05, 4.69) is 26.1 Å². The SMILES string of the molecule is CCOC(=O)c1c(NC(=O)[C@H]2CC=CC[C@H]2C(=O)O)sc(C)c1-c1ccc(C(C)(C)C)cc1. The Morgan fingerprint density at radius 1 is 1.09 bits per heavy atom. The molecule has 0 spiro atoms. The van der Waals surface area contributed by atoms with Crippen molar-refractivity contribution < 1.29 is 24.2 Å². The van der Waals surface area contributed by atoms with Crippen LogP contribution < -0.4 is 5.32 Å². The summed E-state index contributed by atoms with van der Waals surface area (Å²) in [7, 11) is 0. The number of nitrogens with one attached hydrogen (secondary N) is 1. The molecule has 1 aliphatic carbocycles. The molecule has 0 saturated carbocycles. The molecule has 7 heteroatoms. The fourth-order valence-electron chi connectivity index (χ4n) is 4.10. The highest BCUT2D eigenvalue weighted by molar-refractivity contribution is 7.17. The third-order valence-electron chi connectivity index (χ3n) is 5.93. The summed E-state index contributed by atoms with van der Waals surface area (Å²) in [5.41, 5.74) is 3.09. The van der Waals surface area contributed by atoms with E-state index in [1.807, 2.05) is 37.3 Å². The first-order valence-electron chi connectivity index (χ1n) is 11.1. The number of hydrogen-bond donors (Lipinski definition) is 2. The molecule has 2 N–H and O–H groups in total. The Balaban J connectivity index is 2.01. The number of rotatable bonds is 6. The molecule has 176 valence electrons. The van der Waals surface area contributed by atoms with Gasteiger partial charge in [-0.15, -0.1) is 11.3 Å². The van der Waals surface area contributed by atoms with E-state index in [0.717, 1.165) is 16.0 Å². The Morgan fingerprint density at radius 2 is 1.70 bits per heavy atom. The number of hydrogen-bond acceptors (Lipinski definition) is 5. The van der Waals surface area contributed by atoms with Crippen LogP contribution in [0, 0.1) is 18.8 Å². The van der Waals surface area contributed by atoms with Gasteiger partial charge in [0.15, 0.2) is 0 Å². The van der Waals surface area contributed by atoms with Gasteiger partial charge in [0.2, 0.25) is 5.91 Å². The Bertz CT molecular complexity index is 1080. The average molecular weight is 470 g/mol. The molecule has 2 aromatic rings. The fourth-order valence-corrected chi connectivity index (χ4v) is 5.16. The molecule has 0 fully saturated rings. The van der Waals surface area contributed by atoms with Crippen molar-refractivity contribution in [2.75, 3.05) is 11.9 Å². The molecule has 1 heterocycles. The van der Waals surface area contributed by atoms with Gasteiger partial charge in [-0.3, -0.25) is 9.59 Å². The molecule has 1 aromatic heterocycles. The lowest BCUT2D eigenvalue weighted by atomic mass is 9.82. The highest BCUT2D eigenvalue weighted by atomic mass is 32.1. The van der Waals surface area contributed by atoms with Gasteiger partial charge >= 0.3 is 11.9 Å². The number of amides is 1. The van der Waals surface area contributed by atoms with Gasteiger partial charge < -0.3 is 15.2 Å². The minimum absolute atomic E-state index is 0.000448. The van der Waals surface area contributed by atoms with Crippen LogP contribution in [0.5, 0.6) is 0 Å². The Kier molecular flexibility index (Phi) is 7.42. The van der Waals surface area contributed by atoms with Gasteiger partial charge in [-0.25, -0.2) is 4.79 Å². The number of carbonyl (C=O) groups is 3. The quantitative estimate of drug-likeness (QED) is 0.412. The number of benzene rings is 1. The van der Waals surface area contributed by atoms with E-state index in [-0.39, 0.29) is 12.0 Å². The summed E-state index contributed by atoms with van der Waals surface area (Å²) in [4.78, 5) is 38.5. The van der Waals surface area contributed by atoms with Crippen LogP contribution in [0.2, 0.25) is 0 Å². The zero-order valence-electron chi connectivity index (χ0n) is 19.7. The predicted octanol–water partition coefficient (Wildman–Crippen LogP) is 5.80. The highest BCUT2D eigenvalue weighted by Crippen LogP contribution is 2.41. The topological polar surface area (TPSA) is 92.7 Å². The normalized spacial score (nSPS) is 18.1. The minimum atomic E-state index is -0.993. The molecule has 33 heavy (non-hydrogen) atoms. The lowest BCUT2D eigenvalue weighted by molar-refractivity contribution is -0.146. The predicted molar refractivity (Wildman–Crippen MR) is 131 cm³/mol. The lowest BCUT2D eigenvalue weighted by Crippen LogP contribution is -2.34. The summed E-state index contributed by atoms with van der Waals surface area (Å²) in [6, 6.07) is 8.06. The van der Waals surface area contributed by atoms with Crippen LogP contribution in [0.3, 0.4) is 0 Å². The number of aryl methyl sites for hydroxylation is 1. The number of aliphatic carboxylic acids is 1. The van der Waals surface area contributed by atoms with E-state index < -0.39 is 29.7 Å². The van der Waals surface area contributed by atoms with E-state index >= 15 is 0 Å². The molecular formula is C26H31NO5S. The Hall–Kier alpha value is -2.93. The van der Waals surface area contributed by atoms with Crippen LogP contribution in [-0.2, 0) is 19.7 Å². The van der Waals surface area contributed by atoms with Gasteiger partial charge in [-0.1, -0.05) is 57.2 Å². The maximum absolute atomic E-state index is 13.1. The van der Waals surface area contributed by atoms with Gasteiger partial charge in [0, 0.05) is 10.4 Å². The van der Waals surface area contributed by atoms with Crippen LogP contribution in [0.25, 0.3) is 11.1 Å². The summed E-state index contributed by atoms with van der Waals surface area (Å²) in [5, 5.41) is 12.8. The van der Waals surface area contributed by atoms with Crippen molar-refractivity contribution in [3.8, 4) is 11.1 Å². The number of carbonyl (C=O) groups excluding carboxylic acids is 2. The number of ether oxygens (including phenoxy) is 1. The van der Waals surface area contributed by atoms with Crippen molar-refractivity contribution in [2.24, 2.45) is 11.8 Å². The molecule has 0 radical (unpaired) electrons. The fraction of sp³-hybridized carbons (Fsp3) is 0.423. The molecule has 0 unspecified atom stereocenters. The third kappa shape index (κ3) is 5.36. The van der Waals surface area contributed by atoms with Gasteiger partial charge in [0.25, 0.3) is 0 Å². The van der Waals surface area contributed by atoms with Crippen molar-refractivity contribution in [1.82, 2.24) is 0 Å². The maximum atomic E-state index is 13.1. The second kappa shape index (κ2) is 9.91. The molecule has 2 atom stereocenters. The number of carboxylic acids is 1. The van der Waals surface area contributed by atoms with Gasteiger partial charge in [0.05, 0.1) is 18.4 Å². The summed E-state index contributed by atoms with van der Waals surface area (Å²) in [5.74, 6) is -3.38. The zero-order valence-corrected chi connectivity index (χ0v) is 20.5. The van der Waals surface area contributed by atoms with E-state index in [4.69, 9.17) is 4.74 Å². The molecule has 1 aliphatic rings. The minimum Gasteiger partial charge on any atom is -0.481 e. The average Bonchev–Trinajstić information content (AvgIpc) is 3.08. The van der Waals surface area contributed by atoms with Gasteiger partial charge in [0.1, 0.15) is 10.6 Å². The van der Waals surface area contributed by atoms with E-state index in [0.29, 0.717) is 23.4 Å². The third-order valence-corrected chi connectivity index (χ3v) is 6.95. The first kappa shape index (κ1) is 24.7. The number of anilines is 1. The second-order valence-electron chi connectivity index (χ2n) is 9.27. The molecule has 1 amide bonds. The first-order chi connectivity index (χ1) is 15.5. The highest BCUT2D eigenvalue weighted by Gasteiger charge is 2.35. The zero-order chi connectivity index (χ0) is 24.3. The number of carboxylic acid groups (broad SMARTS) is 1.